The third-order valence-corrected chi connectivity index (χ3v) is 6.60. The number of ether oxygens (including phenoxy) is 4. The van der Waals surface area contributed by atoms with Gasteiger partial charge in [-0.3, -0.25) is 9.59 Å². The van der Waals surface area contributed by atoms with Gasteiger partial charge in [-0.2, -0.15) is 0 Å². The molecular weight excluding hydrogens is 520 g/mol. The highest BCUT2D eigenvalue weighted by Gasteiger charge is 2.21. The predicted molar refractivity (Wildman–Crippen MR) is 163 cm³/mol. The Labute approximate surface area is 245 Å². The van der Waals surface area contributed by atoms with Crippen LogP contribution < -0.4 is 10.2 Å². The Hall–Kier alpha value is -3.04. The van der Waals surface area contributed by atoms with Gasteiger partial charge in [-0.05, 0) is 34.6 Å². The van der Waals surface area contributed by atoms with Crippen molar-refractivity contribution in [2.45, 2.75) is 46.6 Å². The predicted octanol–water partition coefficient (Wildman–Crippen LogP) is 5.10. The first-order valence-electron chi connectivity index (χ1n) is 14.6. The number of carbonyl (C=O) groups excluding carboxylic acids is 2. The Balaban J connectivity index is 1.23. The van der Waals surface area contributed by atoms with Crippen LogP contribution in [0.15, 0.2) is 48.5 Å². The van der Waals surface area contributed by atoms with Crippen LogP contribution in [0.4, 0.5) is 5.69 Å². The molecule has 41 heavy (non-hydrogen) atoms. The lowest BCUT2D eigenvalue weighted by Crippen LogP contribution is -2.33. The molecule has 3 rings (SSSR count). The minimum absolute atomic E-state index is 0.0804. The molecule has 0 aliphatic carbocycles. The molecule has 1 heterocycles. The zero-order valence-corrected chi connectivity index (χ0v) is 24.9. The van der Waals surface area contributed by atoms with Crippen molar-refractivity contribution >= 4 is 29.7 Å². The quantitative estimate of drug-likeness (QED) is 0.268. The molecule has 0 saturated heterocycles. The second kappa shape index (κ2) is 17.7. The number of hydrogen-bond donors (Lipinski definition) is 1. The first-order chi connectivity index (χ1) is 19.8. The second-order valence-electron chi connectivity index (χ2n) is 11.2. The van der Waals surface area contributed by atoms with Crippen LogP contribution in [0.3, 0.4) is 0 Å². The lowest BCUT2D eigenvalue weighted by atomic mass is 9.93. The molecule has 0 saturated carbocycles. The molecule has 8 nitrogen and oxygen atoms in total. The second-order valence-corrected chi connectivity index (χ2v) is 11.2. The van der Waals surface area contributed by atoms with Gasteiger partial charge in [0, 0.05) is 26.0 Å². The van der Waals surface area contributed by atoms with Crippen molar-refractivity contribution in [2.24, 2.45) is 5.41 Å². The van der Waals surface area contributed by atoms with Crippen LogP contribution in [0.25, 0.3) is 12.2 Å². The summed E-state index contributed by atoms with van der Waals surface area (Å²) in [7, 11) is 0. The highest BCUT2D eigenvalue weighted by molar-refractivity contribution is 5.98. The molecule has 1 aliphatic heterocycles. The minimum Gasteiger partial charge on any atom is -0.379 e. The van der Waals surface area contributed by atoms with Crippen molar-refractivity contribution in [3.8, 4) is 0 Å². The van der Waals surface area contributed by atoms with Crippen molar-refractivity contribution in [3.63, 3.8) is 0 Å². The highest BCUT2D eigenvalue weighted by Crippen LogP contribution is 2.29. The highest BCUT2D eigenvalue weighted by atomic mass is 16.6. The van der Waals surface area contributed by atoms with E-state index in [4.69, 9.17) is 18.9 Å². The first-order valence-corrected chi connectivity index (χ1v) is 14.6. The summed E-state index contributed by atoms with van der Waals surface area (Å²) in [5, 5.41) is 2.83. The van der Waals surface area contributed by atoms with Gasteiger partial charge in [0.25, 0.3) is 0 Å². The lowest BCUT2D eigenvalue weighted by Gasteiger charge is -2.27. The van der Waals surface area contributed by atoms with E-state index in [0.717, 1.165) is 35.4 Å². The number of carbonyl (C=O) groups is 2. The van der Waals surface area contributed by atoms with Crippen LogP contribution in [0.2, 0.25) is 0 Å². The molecule has 0 bridgehead atoms. The number of amides is 2. The molecule has 0 unspecified atom stereocenters. The molecule has 8 heteroatoms. The Morgan fingerprint density at radius 3 is 1.98 bits per heavy atom. The largest absolute Gasteiger partial charge is 0.379 e. The maximum Gasteiger partial charge on any atom is 0.227 e. The van der Waals surface area contributed by atoms with Gasteiger partial charge < -0.3 is 29.2 Å². The normalized spacial score (nSPS) is 13.6. The van der Waals surface area contributed by atoms with Crippen molar-refractivity contribution in [3.05, 3.63) is 65.2 Å². The molecule has 1 N–H and O–H groups in total. The molecule has 0 spiro atoms. The van der Waals surface area contributed by atoms with Gasteiger partial charge >= 0.3 is 0 Å². The van der Waals surface area contributed by atoms with E-state index in [1.807, 2.05) is 54.6 Å². The zero-order chi connectivity index (χ0) is 29.3. The maximum absolute atomic E-state index is 13.2. The molecular formula is C33H46N2O6. The summed E-state index contributed by atoms with van der Waals surface area (Å²) < 4.78 is 22.1. The Kier molecular flexibility index (Phi) is 14.0. The van der Waals surface area contributed by atoms with Gasteiger partial charge in [-0.15, -0.1) is 0 Å². The van der Waals surface area contributed by atoms with E-state index in [-0.39, 0.29) is 30.1 Å². The summed E-state index contributed by atoms with van der Waals surface area (Å²) in [5.74, 6) is -0.249. The molecule has 2 aromatic rings. The van der Waals surface area contributed by atoms with Crippen molar-refractivity contribution < 1.29 is 28.5 Å². The van der Waals surface area contributed by atoms with E-state index in [0.29, 0.717) is 59.3 Å². The SMILES string of the molecule is CC(C)(C)CCOCCOCCOCCOCCNC(=O)CCC(=O)N1Cc2ccccc2/C=C\c2ccccc21. The number of hydrogen-bond acceptors (Lipinski definition) is 6. The van der Waals surface area contributed by atoms with Crippen molar-refractivity contribution in [1.29, 1.82) is 0 Å². The van der Waals surface area contributed by atoms with Gasteiger partial charge in [0.05, 0.1) is 58.5 Å². The lowest BCUT2D eigenvalue weighted by molar-refractivity contribution is -0.125. The fourth-order valence-corrected chi connectivity index (χ4v) is 4.22. The third-order valence-electron chi connectivity index (χ3n) is 6.60. The molecule has 0 atom stereocenters. The van der Waals surface area contributed by atoms with Crippen LogP contribution in [0, 0.1) is 5.41 Å². The number of nitrogens with zero attached hydrogens (tertiary/aromatic N) is 1. The van der Waals surface area contributed by atoms with E-state index in [2.05, 4.69) is 32.2 Å². The van der Waals surface area contributed by atoms with Crippen LogP contribution in [-0.4, -0.2) is 71.2 Å². The van der Waals surface area contributed by atoms with Crippen LogP contribution in [-0.2, 0) is 35.1 Å². The molecule has 2 amide bonds. The average Bonchev–Trinajstić information content (AvgIpc) is 2.94. The number of anilines is 1. The summed E-state index contributed by atoms with van der Waals surface area (Å²) in [6.45, 7) is 11.7. The molecule has 1 aliphatic rings. The minimum atomic E-state index is -0.168. The number of benzene rings is 2. The van der Waals surface area contributed by atoms with Gasteiger partial charge in [0.2, 0.25) is 11.8 Å². The van der Waals surface area contributed by atoms with Crippen LogP contribution >= 0.6 is 0 Å². The van der Waals surface area contributed by atoms with Crippen LogP contribution in [0.1, 0.15) is 56.7 Å². The molecule has 0 aromatic heterocycles. The van der Waals surface area contributed by atoms with Gasteiger partial charge in [-0.25, -0.2) is 0 Å². The van der Waals surface area contributed by atoms with E-state index >= 15 is 0 Å². The summed E-state index contributed by atoms with van der Waals surface area (Å²) in [6.07, 6.45) is 5.40. The average molecular weight is 567 g/mol. The number of fused-ring (bicyclic) bond motifs is 2. The van der Waals surface area contributed by atoms with Gasteiger partial charge in [-0.1, -0.05) is 75.4 Å². The van der Waals surface area contributed by atoms with Gasteiger partial charge in [0.1, 0.15) is 0 Å². The number of nitrogens with one attached hydrogen (secondary N) is 1. The maximum atomic E-state index is 13.2. The van der Waals surface area contributed by atoms with E-state index in [1.165, 1.54) is 0 Å². The van der Waals surface area contributed by atoms with E-state index in [9.17, 15) is 9.59 Å². The fourth-order valence-electron chi connectivity index (χ4n) is 4.22. The summed E-state index contributed by atoms with van der Waals surface area (Å²) >= 11 is 0. The van der Waals surface area contributed by atoms with E-state index < -0.39 is 0 Å². The molecule has 0 fully saturated rings. The molecule has 2 aromatic carbocycles. The summed E-state index contributed by atoms with van der Waals surface area (Å²) in [5.41, 5.74) is 4.28. The molecule has 224 valence electrons. The molecule has 0 radical (unpaired) electrons. The zero-order valence-electron chi connectivity index (χ0n) is 24.9. The number of rotatable bonds is 17. The van der Waals surface area contributed by atoms with Crippen molar-refractivity contribution in [2.75, 3.05) is 64.3 Å². The summed E-state index contributed by atoms with van der Waals surface area (Å²) in [6, 6.07) is 15.9. The standard InChI is InChI=1S/C33H46N2O6/c1-33(2,3)16-18-38-20-22-40-24-25-41-23-21-39-19-17-34-31(36)14-15-32(37)35-26-29-10-5-4-8-27(29)12-13-28-9-6-7-11-30(28)35/h4-13H,14-26H2,1-3H3,(H,34,36)/b13-12-. The fraction of sp³-hybridized carbons (Fsp3) is 0.515. The third kappa shape index (κ3) is 12.6. The summed E-state index contributed by atoms with van der Waals surface area (Å²) in [4.78, 5) is 27.4. The van der Waals surface area contributed by atoms with Gasteiger partial charge in [0.15, 0.2) is 0 Å². The monoisotopic (exact) mass is 566 g/mol. The Bertz CT molecular complexity index is 1110. The van der Waals surface area contributed by atoms with Crippen LogP contribution in [0.5, 0.6) is 0 Å². The Morgan fingerprint density at radius 2 is 1.29 bits per heavy atom. The number of para-hydroxylation sites is 1. The first kappa shape index (κ1) is 32.5. The van der Waals surface area contributed by atoms with Crippen molar-refractivity contribution in [1.82, 2.24) is 5.32 Å². The van der Waals surface area contributed by atoms with E-state index in [1.54, 1.807) is 4.90 Å². The smallest absolute Gasteiger partial charge is 0.227 e. The Morgan fingerprint density at radius 1 is 0.732 bits per heavy atom. The topological polar surface area (TPSA) is 86.3 Å².